The Hall–Kier alpha value is -1.11. The Bertz CT molecular complexity index is 248. The topological polar surface area (TPSA) is 107 Å². The molecule has 0 fully saturated rings. The molecule has 1 aliphatic heterocycles. The van der Waals surface area contributed by atoms with Gasteiger partial charge in [0, 0.05) is 13.0 Å². The molecule has 4 N–H and O–H groups in total. The van der Waals surface area contributed by atoms with Crippen LogP contribution in [0.1, 0.15) is 6.42 Å². The molecule has 3 atom stereocenters. The molecule has 1 heterocycles. The first-order chi connectivity index (χ1) is 6.56. The molecular formula is C8H12O6. The zero-order valence-corrected chi connectivity index (χ0v) is 7.33. The number of hydrogen-bond donors (Lipinski definition) is 4. The highest BCUT2D eigenvalue weighted by Crippen LogP contribution is 2.20. The summed E-state index contributed by atoms with van der Waals surface area (Å²) in [5.74, 6) is -1.71. The molecule has 0 aromatic heterocycles. The molecule has 0 spiro atoms. The maximum Gasteiger partial charge on any atom is 0.370 e. The van der Waals surface area contributed by atoms with Crippen molar-refractivity contribution in [2.45, 2.75) is 24.7 Å². The van der Waals surface area contributed by atoms with Gasteiger partial charge in [0.05, 0.1) is 0 Å². The summed E-state index contributed by atoms with van der Waals surface area (Å²) >= 11 is 0. The van der Waals surface area contributed by atoms with Crippen LogP contribution in [0.15, 0.2) is 11.8 Å². The number of rotatable bonds is 3. The third kappa shape index (κ3) is 2.22. The van der Waals surface area contributed by atoms with Gasteiger partial charge in [0.1, 0.15) is 18.3 Å². The minimum Gasteiger partial charge on any atom is -0.480 e. The van der Waals surface area contributed by atoms with Crippen molar-refractivity contribution in [2.75, 3.05) is 6.61 Å². The third-order valence-electron chi connectivity index (χ3n) is 1.96. The Balaban J connectivity index is 2.76. The van der Waals surface area contributed by atoms with Crippen LogP contribution in [0.4, 0.5) is 0 Å². The molecule has 6 heteroatoms. The van der Waals surface area contributed by atoms with E-state index in [1.807, 2.05) is 0 Å². The molecular weight excluding hydrogens is 192 g/mol. The van der Waals surface area contributed by atoms with Crippen molar-refractivity contribution >= 4 is 5.97 Å². The highest BCUT2D eigenvalue weighted by molar-refractivity contribution is 5.84. The van der Waals surface area contributed by atoms with Gasteiger partial charge in [-0.15, -0.1) is 0 Å². The summed E-state index contributed by atoms with van der Waals surface area (Å²) in [6, 6.07) is 0. The average molecular weight is 204 g/mol. The number of hydrogen-bond acceptors (Lipinski definition) is 5. The Kier molecular flexibility index (Phi) is 3.45. The molecule has 2 unspecified atom stereocenters. The van der Waals surface area contributed by atoms with Crippen LogP contribution in [0.2, 0.25) is 0 Å². The summed E-state index contributed by atoms with van der Waals surface area (Å²) in [6.45, 7) is -0.249. The standard InChI is InChI=1S/C8H12O6/c9-2-1-5-7(11)4(10)3-6(14-5)8(12)13/h3-5,7,9-11H,1-2H2,(H,12,13)/t4-,5?,7?/m1/s1. The first kappa shape index (κ1) is 11.0. The van der Waals surface area contributed by atoms with Crippen molar-refractivity contribution in [3.05, 3.63) is 11.8 Å². The first-order valence-corrected chi connectivity index (χ1v) is 4.15. The lowest BCUT2D eigenvalue weighted by atomic mass is 10.0. The normalized spacial score (nSPS) is 31.9. The molecule has 0 radical (unpaired) electrons. The molecule has 0 saturated carbocycles. The van der Waals surface area contributed by atoms with E-state index in [-0.39, 0.29) is 13.0 Å². The lowest BCUT2D eigenvalue weighted by Crippen LogP contribution is -2.43. The largest absolute Gasteiger partial charge is 0.480 e. The van der Waals surface area contributed by atoms with E-state index in [9.17, 15) is 15.0 Å². The van der Waals surface area contributed by atoms with E-state index in [1.54, 1.807) is 0 Å². The number of carbonyl (C=O) groups is 1. The van der Waals surface area contributed by atoms with Crippen LogP contribution in [0.3, 0.4) is 0 Å². The zero-order valence-electron chi connectivity index (χ0n) is 7.33. The maximum atomic E-state index is 10.5. The lowest BCUT2D eigenvalue weighted by Gasteiger charge is -2.30. The smallest absolute Gasteiger partial charge is 0.370 e. The van der Waals surface area contributed by atoms with Crippen LogP contribution < -0.4 is 0 Å². The number of aliphatic hydroxyl groups is 3. The van der Waals surface area contributed by atoms with Crippen molar-refractivity contribution in [3.63, 3.8) is 0 Å². The summed E-state index contributed by atoms with van der Waals surface area (Å²) in [5, 5.41) is 35.8. The minimum absolute atomic E-state index is 0.0723. The van der Waals surface area contributed by atoms with Gasteiger partial charge in [0.25, 0.3) is 0 Å². The number of carboxylic acids is 1. The molecule has 1 rings (SSSR count). The van der Waals surface area contributed by atoms with Crippen molar-refractivity contribution in [1.82, 2.24) is 0 Å². The Morgan fingerprint density at radius 3 is 2.64 bits per heavy atom. The van der Waals surface area contributed by atoms with E-state index in [4.69, 9.17) is 14.9 Å². The maximum absolute atomic E-state index is 10.5. The molecule has 0 bridgehead atoms. The molecule has 0 aliphatic carbocycles. The van der Waals surface area contributed by atoms with E-state index in [0.29, 0.717) is 0 Å². The van der Waals surface area contributed by atoms with Crippen LogP contribution in [0.25, 0.3) is 0 Å². The summed E-state index contributed by atoms with van der Waals surface area (Å²) < 4.78 is 4.86. The van der Waals surface area contributed by atoms with Gasteiger partial charge >= 0.3 is 5.97 Å². The van der Waals surface area contributed by atoms with Gasteiger partial charge in [-0.3, -0.25) is 0 Å². The SMILES string of the molecule is O=C(O)C1=C[C@@H](O)C(O)C(CCO)O1. The average Bonchev–Trinajstić information content (AvgIpc) is 2.12. The van der Waals surface area contributed by atoms with Crippen molar-refractivity contribution < 1.29 is 30.0 Å². The first-order valence-electron chi connectivity index (χ1n) is 4.15. The van der Waals surface area contributed by atoms with Crippen molar-refractivity contribution in [2.24, 2.45) is 0 Å². The van der Waals surface area contributed by atoms with Gasteiger partial charge in [-0.1, -0.05) is 0 Å². The lowest BCUT2D eigenvalue weighted by molar-refractivity contribution is -0.143. The molecule has 6 nitrogen and oxygen atoms in total. The fourth-order valence-corrected chi connectivity index (χ4v) is 1.22. The summed E-state index contributed by atoms with van der Waals surface area (Å²) in [5.41, 5.74) is 0. The predicted octanol–water partition coefficient (Wildman–Crippen LogP) is -1.54. The second-order valence-electron chi connectivity index (χ2n) is 2.99. The van der Waals surface area contributed by atoms with Gasteiger partial charge in [-0.2, -0.15) is 0 Å². The highest BCUT2D eigenvalue weighted by Gasteiger charge is 2.33. The van der Waals surface area contributed by atoms with E-state index in [1.165, 1.54) is 0 Å². The van der Waals surface area contributed by atoms with Gasteiger partial charge in [-0.05, 0) is 6.08 Å². The fraction of sp³-hybridized carbons (Fsp3) is 0.625. The predicted molar refractivity (Wildman–Crippen MR) is 44.3 cm³/mol. The summed E-state index contributed by atoms with van der Waals surface area (Å²) in [7, 11) is 0. The van der Waals surface area contributed by atoms with Crippen LogP contribution in [0, 0.1) is 0 Å². The molecule has 14 heavy (non-hydrogen) atoms. The summed E-state index contributed by atoms with van der Waals surface area (Å²) in [4.78, 5) is 10.5. The number of carboxylic acid groups (broad SMARTS) is 1. The van der Waals surface area contributed by atoms with E-state index in [0.717, 1.165) is 6.08 Å². The number of aliphatic carboxylic acids is 1. The van der Waals surface area contributed by atoms with Gasteiger partial charge in [0.15, 0.2) is 0 Å². The van der Waals surface area contributed by atoms with Gasteiger partial charge in [-0.25, -0.2) is 4.79 Å². The second kappa shape index (κ2) is 4.41. The zero-order chi connectivity index (χ0) is 10.7. The van der Waals surface area contributed by atoms with Gasteiger partial charge < -0.3 is 25.2 Å². The summed E-state index contributed by atoms with van der Waals surface area (Å²) in [6.07, 6.45) is -2.35. The fourth-order valence-electron chi connectivity index (χ4n) is 1.22. The number of aliphatic hydroxyl groups excluding tert-OH is 3. The number of ether oxygens (including phenoxy) is 1. The van der Waals surface area contributed by atoms with Crippen molar-refractivity contribution in [1.29, 1.82) is 0 Å². The van der Waals surface area contributed by atoms with Crippen LogP contribution in [-0.2, 0) is 9.53 Å². The van der Waals surface area contributed by atoms with Crippen LogP contribution in [0.5, 0.6) is 0 Å². The molecule has 0 aromatic carbocycles. The Labute approximate surface area is 80.1 Å². The molecule has 80 valence electrons. The van der Waals surface area contributed by atoms with E-state index < -0.39 is 30.0 Å². The Morgan fingerprint density at radius 2 is 2.14 bits per heavy atom. The molecule has 1 aliphatic rings. The monoisotopic (exact) mass is 204 g/mol. The van der Waals surface area contributed by atoms with E-state index >= 15 is 0 Å². The van der Waals surface area contributed by atoms with Crippen LogP contribution >= 0.6 is 0 Å². The van der Waals surface area contributed by atoms with Crippen molar-refractivity contribution in [3.8, 4) is 0 Å². The van der Waals surface area contributed by atoms with Gasteiger partial charge in [0.2, 0.25) is 5.76 Å². The highest BCUT2D eigenvalue weighted by atomic mass is 16.5. The Morgan fingerprint density at radius 1 is 1.50 bits per heavy atom. The molecule has 0 amide bonds. The second-order valence-corrected chi connectivity index (χ2v) is 2.99. The molecule has 0 saturated heterocycles. The third-order valence-corrected chi connectivity index (χ3v) is 1.96. The van der Waals surface area contributed by atoms with E-state index in [2.05, 4.69) is 0 Å². The van der Waals surface area contributed by atoms with Crippen LogP contribution in [-0.4, -0.2) is 51.3 Å². The quantitative estimate of drug-likeness (QED) is 0.443. The molecule has 0 aromatic rings. The minimum atomic E-state index is -1.31.